The van der Waals surface area contributed by atoms with Crippen LogP contribution in [0.2, 0.25) is 0 Å². The minimum absolute atomic E-state index is 0.0919. The third kappa shape index (κ3) is 2.91. The van der Waals surface area contributed by atoms with Gasteiger partial charge in [-0.25, -0.2) is 0 Å². The average Bonchev–Trinajstić information content (AvgIpc) is 2.76. The Morgan fingerprint density at radius 3 is 2.89 bits per heavy atom. The summed E-state index contributed by atoms with van der Waals surface area (Å²) in [5.41, 5.74) is 2.43. The van der Waals surface area contributed by atoms with Gasteiger partial charge in [-0.3, -0.25) is 9.48 Å². The maximum absolute atomic E-state index is 11.9. The van der Waals surface area contributed by atoms with Crippen LogP contribution in [0.4, 0.5) is 0 Å². The maximum Gasteiger partial charge on any atom is 0.185 e. The molecule has 1 aromatic carbocycles. The van der Waals surface area contributed by atoms with Crippen molar-refractivity contribution in [1.29, 1.82) is 0 Å². The summed E-state index contributed by atoms with van der Waals surface area (Å²) in [6.45, 7) is 4.79. The second-order valence-corrected chi connectivity index (χ2v) is 4.25. The Kier molecular flexibility index (Phi) is 3.80. The largest absolute Gasteiger partial charge is 0.508 e. The number of carbonyl (C=O) groups excluding carboxylic acids is 1. The Morgan fingerprint density at radius 2 is 2.26 bits per heavy atom. The van der Waals surface area contributed by atoms with Crippen LogP contribution >= 0.6 is 0 Å². The number of allylic oxidation sites excluding steroid dienone is 1. The predicted molar refractivity (Wildman–Crippen MR) is 74.1 cm³/mol. The van der Waals surface area contributed by atoms with Gasteiger partial charge >= 0.3 is 0 Å². The molecule has 0 aliphatic heterocycles. The summed E-state index contributed by atoms with van der Waals surface area (Å²) < 4.78 is 1.87. The van der Waals surface area contributed by atoms with Crippen LogP contribution in [0.5, 0.6) is 5.75 Å². The molecule has 4 nitrogen and oxygen atoms in total. The van der Waals surface area contributed by atoms with E-state index < -0.39 is 0 Å². The number of aryl methyl sites for hydroxylation is 1. The number of aromatic hydroxyl groups is 1. The van der Waals surface area contributed by atoms with Gasteiger partial charge in [0.05, 0.1) is 6.20 Å². The number of rotatable bonds is 4. The number of ketones is 1. The fraction of sp³-hybridized carbons (Fsp3) is 0.200. The lowest BCUT2D eigenvalue weighted by atomic mass is 10.1. The molecule has 2 aromatic rings. The number of hydrogen-bond donors (Lipinski definition) is 1. The predicted octanol–water partition coefficient (Wildman–Crippen LogP) is 2.81. The molecule has 0 atom stereocenters. The van der Waals surface area contributed by atoms with Crippen molar-refractivity contribution >= 4 is 11.9 Å². The number of aromatic nitrogens is 2. The Labute approximate surface area is 112 Å². The third-order valence-corrected chi connectivity index (χ3v) is 2.99. The Morgan fingerprint density at radius 1 is 1.47 bits per heavy atom. The first kappa shape index (κ1) is 13.1. The van der Waals surface area contributed by atoms with Crippen molar-refractivity contribution in [2.75, 3.05) is 0 Å². The van der Waals surface area contributed by atoms with E-state index in [0.717, 1.165) is 17.8 Å². The summed E-state index contributed by atoms with van der Waals surface area (Å²) in [4.78, 5) is 11.9. The number of carbonyl (C=O) groups is 1. The Hall–Kier alpha value is -2.36. The molecule has 0 bridgehead atoms. The van der Waals surface area contributed by atoms with Gasteiger partial charge < -0.3 is 5.11 Å². The molecule has 1 heterocycles. The summed E-state index contributed by atoms with van der Waals surface area (Å²) in [7, 11) is 0. The van der Waals surface area contributed by atoms with E-state index in [1.54, 1.807) is 24.4 Å². The monoisotopic (exact) mass is 256 g/mol. The Balaban J connectivity index is 2.18. The number of hydrogen-bond acceptors (Lipinski definition) is 3. The molecule has 0 spiro atoms. The molecular formula is C15H16N2O2. The lowest BCUT2D eigenvalue weighted by Gasteiger charge is -1.99. The second-order valence-electron chi connectivity index (χ2n) is 4.25. The van der Waals surface area contributed by atoms with Crippen LogP contribution in [-0.2, 0) is 6.54 Å². The topological polar surface area (TPSA) is 55.1 Å². The normalized spacial score (nSPS) is 11.1. The van der Waals surface area contributed by atoms with Crippen molar-refractivity contribution in [1.82, 2.24) is 9.78 Å². The van der Waals surface area contributed by atoms with E-state index in [0.29, 0.717) is 5.56 Å². The van der Waals surface area contributed by atoms with Crippen LogP contribution in [0, 0.1) is 6.92 Å². The van der Waals surface area contributed by atoms with Crippen LogP contribution in [-0.4, -0.2) is 20.7 Å². The third-order valence-electron chi connectivity index (χ3n) is 2.99. The zero-order valence-corrected chi connectivity index (χ0v) is 11.0. The standard InChI is InChI=1S/C15H16N2O2/c1-3-17-11(2)13(10-16-17)7-8-15(19)12-5-4-6-14(18)9-12/h4-10,18H,3H2,1-2H3. The second kappa shape index (κ2) is 5.52. The molecule has 0 aliphatic carbocycles. The maximum atomic E-state index is 11.9. The van der Waals surface area contributed by atoms with Crippen molar-refractivity contribution in [3.63, 3.8) is 0 Å². The minimum Gasteiger partial charge on any atom is -0.508 e. The summed E-state index contributed by atoms with van der Waals surface area (Å²) in [5, 5.41) is 13.6. The molecule has 0 saturated heterocycles. The van der Waals surface area contributed by atoms with Crippen LogP contribution in [0.3, 0.4) is 0 Å². The van der Waals surface area contributed by atoms with Crippen molar-refractivity contribution in [3.8, 4) is 5.75 Å². The first-order chi connectivity index (χ1) is 9.11. The highest BCUT2D eigenvalue weighted by atomic mass is 16.3. The molecule has 1 N–H and O–H groups in total. The average molecular weight is 256 g/mol. The van der Waals surface area contributed by atoms with Crippen molar-refractivity contribution in [3.05, 3.63) is 53.4 Å². The quantitative estimate of drug-likeness (QED) is 0.676. The van der Waals surface area contributed by atoms with Gasteiger partial charge in [-0.2, -0.15) is 5.10 Å². The number of nitrogens with zero attached hydrogens (tertiary/aromatic N) is 2. The van der Waals surface area contributed by atoms with E-state index in [-0.39, 0.29) is 11.5 Å². The number of benzene rings is 1. The molecule has 2 rings (SSSR count). The highest BCUT2D eigenvalue weighted by Crippen LogP contribution is 2.13. The first-order valence-electron chi connectivity index (χ1n) is 6.15. The zero-order valence-electron chi connectivity index (χ0n) is 11.0. The highest BCUT2D eigenvalue weighted by molar-refractivity contribution is 6.07. The number of phenolic OH excluding ortho intramolecular Hbond substituents is 1. The van der Waals surface area contributed by atoms with E-state index >= 15 is 0 Å². The van der Waals surface area contributed by atoms with E-state index in [2.05, 4.69) is 5.10 Å². The molecular weight excluding hydrogens is 240 g/mol. The first-order valence-corrected chi connectivity index (χ1v) is 6.15. The molecule has 0 radical (unpaired) electrons. The van der Waals surface area contributed by atoms with Crippen LogP contribution in [0.1, 0.15) is 28.5 Å². The van der Waals surface area contributed by atoms with Crippen molar-refractivity contribution in [2.24, 2.45) is 0 Å². The van der Waals surface area contributed by atoms with E-state index in [1.165, 1.54) is 18.2 Å². The SMILES string of the molecule is CCn1ncc(C=CC(=O)c2cccc(O)c2)c1C. The molecule has 0 saturated carbocycles. The Bertz CT molecular complexity index is 627. The summed E-state index contributed by atoms with van der Waals surface area (Å²) in [5.74, 6) is -0.0474. The van der Waals surface area contributed by atoms with Gasteiger partial charge in [0.1, 0.15) is 5.75 Å². The van der Waals surface area contributed by atoms with Crippen LogP contribution in [0.15, 0.2) is 36.5 Å². The van der Waals surface area contributed by atoms with Gasteiger partial charge in [0.2, 0.25) is 0 Å². The van der Waals surface area contributed by atoms with Gasteiger partial charge in [0.15, 0.2) is 5.78 Å². The summed E-state index contributed by atoms with van der Waals surface area (Å²) >= 11 is 0. The lowest BCUT2D eigenvalue weighted by Crippen LogP contribution is -1.98. The smallest absolute Gasteiger partial charge is 0.185 e. The van der Waals surface area contributed by atoms with Crippen molar-refractivity contribution < 1.29 is 9.90 Å². The number of phenols is 1. The lowest BCUT2D eigenvalue weighted by molar-refractivity contribution is 0.104. The van der Waals surface area contributed by atoms with Gasteiger partial charge in [-0.15, -0.1) is 0 Å². The van der Waals surface area contributed by atoms with Crippen LogP contribution < -0.4 is 0 Å². The molecule has 0 aliphatic rings. The molecule has 98 valence electrons. The molecule has 19 heavy (non-hydrogen) atoms. The molecule has 4 heteroatoms. The van der Waals surface area contributed by atoms with Gasteiger partial charge in [0.25, 0.3) is 0 Å². The van der Waals surface area contributed by atoms with Crippen molar-refractivity contribution in [2.45, 2.75) is 20.4 Å². The van der Waals surface area contributed by atoms with E-state index in [9.17, 15) is 9.90 Å². The van der Waals surface area contributed by atoms with E-state index in [1.807, 2.05) is 18.5 Å². The van der Waals surface area contributed by atoms with Gasteiger partial charge in [0, 0.05) is 23.4 Å². The van der Waals surface area contributed by atoms with Gasteiger partial charge in [-0.05, 0) is 38.1 Å². The fourth-order valence-electron chi connectivity index (χ4n) is 1.86. The molecule has 0 amide bonds. The molecule has 0 fully saturated rings. The molecule has 0 unspecified atom stereocenters. The van der Waals surface area contributed by atoms with Crippen LogP contribution in [0.25, 0.3) is 6.08 Å². The zero-order chi connectivity index (χ0) is 13.8. The summed E-state index contributed by atoms with van der Waals surface area (Å²) in [6, 6.07) is 6.32. The summed E-state index contributed by atoms with van der Waals surface area (Å²) in [6.07, 6.45) is 4.99. The molecule has 1 aromatic heterocycles. The van der Waals surface area contributed by atoms with Gasteiger partial charge in [-0.1, -0.05) is 12.1 Å². The highest BCUT2D eigenvalue weighted by Gasteiger charge is 2.05. The minimum atomic E-state index is -0.139. The van der Waals surface area contributed by atoms with E-state index in [4.69, 9.17) is 0 Å². The fourth-order valence-corrected chi connectivity index (χ4v) is 1.86.